The number of nitrogens with zero attached hydrogens (tertiary/aromatic N) is 3. The minimum absolute atomic E-state index is 0.225. The summed E-state index contributed by atoms with van der Waals surface area (Å²) in [5.74, 6) is 0. The normalized spacial score (nSPS) is 11.1. The third-order valence-corrected chi connectivity index (χ3v) is 4.69. The highest BCUT2D eigenvalue weighted by molar-refractivity contribution is 9.10. The van der Waals surface area contributed by atoms with Crippen LogP contribution < -0.4 is 5.43 Å². The highest BCUT2D eigenvalue weighted by atomic mass is 79.9. The van der Waals surface area contributed by atoms with Gasteiger partial charge in [-0.2, -0.15) is 10.4 Å². The topological polar surface area (TPSA) is 61.1 Å². The van der Waals surface area contributed by atoms with Crippen molar-refractivity contribution in [3.05, 3.63) is 68.4 Å². The first-order valence-electron chi connectivity index (χ1n) is 6.87. The maximum Gasteiger partial charge on any atom is 0.196 e. The van der Waals surface area contributed by atoms with Crippen LogP contribution in [0.1, 0.15) is 5.01 Å². The van der Waals surface area contributed by atoms with Crippen LogP contribution in [-0.2, 0) is 0 Å². The molecule has 0 aliphatic heterocycles. The lowest BCUT2D eigenvalue weighted by Gasteiger charge is -2.00. The summed E-state index contributed by atoms with van der Waals surface area (Å²) in [6.07, 6.45) is 0. The van der Waals surface area contributed by atoms with E-state index in [1.807, 2.05) is 35.7 Å². The predicted molar refractivity (Wildman–Crippen MR) is 102 cm³/mol. The molecule has 0 saturated heterocycles. The Hall–Kier alpha value is -2.20. The standard InChI is InChI=1S/C17H10BrClN4S/c18-12-6-4-11(5-7-12)16-10-24-17(21-16)15(9-20)23-22-14-3-1-2-13(19)8-14/h1-8,10,22H/b23-15+. The molecule has 1 N–H and O–H groups in total. The molecule has 0 unspecified atom stereocenters. The van der Waals surface area contributed by atoms with Crippen LogP contribution in [0.4, 0.5) is 5.69 Å². The van der Waals surface area contributed by atoms with Crippen molar-refractivity contribution in [1.29, 1.82) is 5.26 Å². The molecule has 0 atom stereocenters. The van der Waals surface area contributed by atoms with Gasteiger partial charge in [0, 0.05) is 20.4 Å². The van der Waals surface area contributed by atoms with Crippen LogP contribution in [0.15, 0.2) is 63.5 Å². The Labute approximate surface area is 156 Å². The van der Waals surface area contributed by atoms with Crippen molar-refractivity contribution in [2.75, 3.05) is 5.43 Å². The summed E-state index contributed by atoms with van der Waals surface area (Å²) in [4.78, 5) is 4.50. The van der Waals surface area contributed by atoms with E-state index >= 15 is 0 Å². The highest BCUT2D eigenvalue weighted by Crippen LogP contribution is 2.24. The van der Waals surface area contributed by atoms with Crippen LogP contribution >= 0.6 is 38.9 Å². The minimum atomic E-state index is 0.225. The molecule has 0 radical (unpaired) electrons. The number of anilines is 1. The molecule has 3 rings (SSSR count). The number of thiazole rings is 1. The van der Waals surface area contributed by atoms with Gasteiger partial charge >= 0.3 is 0 Å². The van der Waals surface area contributed by atoms with E-state index in [4.69, 9.17) is 11.6 Å². The Bertz CT molecular complexity index is 928. The number of nitriles is 1. The van der Waals surface area contributed by atoms with E-state index in [0.717, 1.165) is 15.7 Å². The quantitative estimate of drug-likeness (QED) is 0.446. The Morgan fingerprint density at radius 1 is 1.25 bits per heavy atom. The van der Waals surface area contributed by atoms with E-state index in [2.05, 4.69) is 37.5 Å². The van der Waals surface area contributed by atoms with E-state index in [1.54, 1.807) is 18.2 Å². The molecular formula is C17H10BrClN4S. The smallest absolute Gasteiger partial charge is 0.196 e. The third-order valence-electron chi connectivity index (χ3n) is 3.07. The molecule has 0 spiro atoms. The van der Waals surface area contributed by atoms with Gasteiger partial charge in [0.2, 0.25) is 0 Å². The Kier molecular flexibility index (Phi) is 5.26. The van der Waals surface area contributed by atoms with Gasteiger partial charge < -0.3 is 0 Å². The molecular weight excluding hydrogens is 408 g/mol. The van der Waals surface area contributed by atoms with E-state index in [1.165, 1.54) is 11.3 Å². The number of nitrogens with one attached hydrogen (secondary N) is 1. The van der Waals surface area contributed by atoms with Crippen molar-refractivity contribution in [2.24, 2.45) is 5.10 Å². The molecule has 0 aliphatic rings. The molecule has 118 valence electrons. The van der Waals surface area contributed by atoms with Gasteiger partial charge in [-0.3, -0.25) is 5.43 Å². The summed E-state index contributed by atoms with van der Waals surface area (Å²) in [5, 5.41) is 16.5. The number of benzene rings is 2. The lowest BCUT2D eigenvalue weighted by Crippen LogP contribution is -2.01. The van der Waals surface area contributed by atoms with Gasteiger partial charge in [0.05, 0.1) is 11.4 Å². The molecule has 3 aromatic rings. The van der Waals surface area contributed by atoms with Gasteiger partial charge in [-0.05, 0) is 30.3 Å². The molecule has 0 saturated carbocycles. The van der Waals surface area contributed by atoms with E-state index < -0.39 is 0 Å². The maximum absolute atomic E-state index is 9.34. The predicted octanol–water partition coefficient (Wildman–Crippen LogP) is 5.57. The Morgan fingerprint density at radius 2 is 2.04 bits per heavy atom. The van der Waals surface area contributed by atoms with Gasteiger partial charge in [-0.15, -0.1) is 11.3 Å². The van der Waals surface area contributed by atoms with E-state index in [0.29, 0.717) is 15.7 Å². The first kappa shape index (κ1) is 16.7. The van der Waals surface area contributed by atoms with Crippen LogP contribution in [0.3, 0.4) is 0 Å². The molecule has 1 heterocycles. The van der Waals surface area contributed by atoms with Crippen LogP contribution in [-0.4, -0.2) is 10.7 Å². The molecule has 0 aliphatic carbocycles. The first-order valence-corrected chi connectivity index (χ1v) is 8.92. The first-order chi connectivity index (χ1) is 11.7. The number of hydrogen-bond acceptors (Lipinski definition) is 5. The molecule has 7 heteroatoms. The summed E-state index contributed by atoms with van der Waals surface area (Å²) in [7, 11) is 0. The van der Waals surface area contributed by atoms with Gasteiger partial charge in [-0.1, -0.05) is 45.7 Å². The van der Waals surface area contributed by atoms with Gasteiger partial charge in [0.15, 0.2) is 10.7 Å². The van der Waals surface area contributed by atoms with Crippen LogP contribution in [0.5, 0.6) is 0 Å². The minimum Gasteiger partial charge on any atom is -0.277 e. The van der Waals surface area contributed by atoms with Crippen molar-refractivity contribution in [1.82, 2.24) is 4.98 Å². The fourth-order valence-electron chi connectivity index (χ4n) is 1.93. The molecule has 2 aromatic carbocycles. The fraction of sp³-hybridized carbons (Fsp3) is 0. The third kappa shape index (κ3) is 4.01. The highest BCUT2D eigenvalue weighted by Gasteiger charge is 2.10. The SMILES string of the molecule is N#C/C(=N\Nc1cccc(Cl)c1)c1nc(-c2ccc(Br)cc2)cs1. The number of aromatic nitrogens is 1. The van der Waals surface area contributed by atoms with Crippen molar-refractivity contribution >= 4 is 50.3 Å². The van der Waals surface area contributed by atoms with Crippen molar-refractivity contribution in [3.63, 3.8) is 0 Å². The molecule has 0 fully saturated rings. The zero-order valence-corrected chi connectivity index (χ0v) is 15.4. The van der Waals surface area contributed by atoms with E-state index in [9.17, 15) is 5.26 Å². The van der Waals surface area contributed by atoms with Crippen LogP contribution in [0.2, 0.25) is 5.02 Å². The summed E-state index contributed by atoms with van der Waals surface area (Å²) < 4.78 is 1.01. The zero-order valence-electron chi connectivity index (χ0n) is 12.2. The largest absolute Gasteiger partial charge is 0.277 e. The Morgan fingerprint density at radius 3 is 2.75 bits per heavy atom. The Balaban J connectivity index is 1.82. The summed E-state index contributed by atoms with van der Waals surface area (Å²) in [5.41, 5.74) is 5.57. The molecule has 0 bridgehead atoms. The van der Waals surface area contributed by atoms with Crippen LogP contribution in [0.25, 0.3) is 11.3 Å². The van der Waals surface area contributed by atoms with Crippen LogP contribution in [0, 0.1) is 11.3 Å². The number of rotatable bonds is 4. The van der Waals surface area contributed by atoms with Gasteiger partial charge in [-0.25, -0.2) is 4.98 Å². The maximum atomic E-state index is 9.34. The molecule has 4 nitrogen and oxygen atoms in total. The molecule has 1 aromatic heterocycles. The molecule has 24 heavy (non-hydrogen) atoms. The number of hydrogen-bond donors (Lipinski definition) is 1. The van der Waals surface area contributed by atoms with Crippen molar-refractivity contribution < 1.29 is 0 Å². The average molecular weight is 418 g/mol. The summed E-state index contributed by atoms with van der Waals surface area (Å²) >= 11 is 10.7. The second-order valence-corrected chi connectivity index (χ2v) is 6.95. The second-order valence-electron chi connectivity index (χ2n) is 4.74. The fourth-order valence-corrected chi connectivity index (χ4v) is 3.16. The van der Waals surface area contributed by atoms with Gasteiger partial charge in [0.25, 0.3) is 0 Å². The van der Waals surface area contributed by atoms with Gasteiger partial charge in [0.1, 0.15) is 6.07 Å². The summed E-state index contributed by atoms with van der Waals surface area (Å²) in [6.45, 7) is 0. The lowest BCUT2D eigenvalue weighted by atomic mass is 10.2. The second kappa shape index (κ2) is 7.58. The summed E-state index contributed by atoms with van der Waals surface area (Å²) in [6, 6.07) is 17.0. The van der Waals surface area contributed by atoms with Crippen molar-refractivity contribution in [2.45, 2.75) is 0 Å². The average Bonchev–Trinajstić information content (AvgIpc) is 3.06. The number of hydrazone groups is 1. The zero-order chi connectivity index (χ0) is 16.9. The number of halogens is 2. The van der Waals surface area contributed by atoms with E-state index in [-0.39, 0.29) is 5.71 Å². The van der Waals surface area contributed by atoms with Crippen molar-refractivity contribution in [3.8, 4) is 17.3 Å². The molecule has 0 amide bonds. The monoisotopic (exact) mass is 416 g/mol. The lowest BCUT2D eigenvalue weighted by molar-refractivity contribution is 1.31.